The zero-order valence-electron chi connectivity index (χ0n) is 13.4. The van der Waals surface area contributed by atoms with Crippen LogP contribution < -0.4 is 5.32 Å². The predicted octanol–water partition coefficient (Wildman–Crippen LogP) is 1.82. The molecule has 0 saturated heterocycles. The number of nitrogens with one attached hydrogen (secondary N) is 1. The summed E-state index contributed by atoms with van der Waals surface area (Å²) in [7, 11) is 1.36. The Hall–Kier alpha value is -0.690. The van der Waals surface area contributed by atoms with Crippen molar-refractivity contribution in [2.24, 2.45) is 0 Å². The molecule has 21 heavy (non-hydrogen) atoms. The van der Waals surface area contributed by atoms with Gasteiger partial charge >= 0.3 is 5.97 Å². The van der Waals surface area contributed by atoms with Gasteiger partial charge in [-0.05, 0) is 26.7 Å². The summed E-state index contributed by atoms with van der Waals surface area (Å²) in [6.07, 6.45) is 4.51. The predicted molar refractivity (Wildman–Crippen MR) is 78.8 cm³/mol. The van der Waals surface area contributed by atoms with Crippen LogP contribution in [0.5, 0.6) is 0 Å². The van der Waals surface area contributed by atoms with E-state index in [4.69, 9.17) is 18.9 Å². The molecule has 0 spiro atoms. The van der Waals surface area contributed by atoms with E-state index in [0.29, 0.717) is 19.8 Å². The van der Waals surface area contributed by atoms with Gasteiger partial charge in [0.15, 0.2) is 6.29 Å². The fraction of sp³-hybridized carbons (Fsp3) is 0.933. The van der Waals surface area contributed by atoms with Crippen LogP contribution in [0.4, 0.5) is 0 Å². The summed E-state index contributed by atoms with van der Waals surface area (Å²) in [5.74, 6) is -0.410. The van der Waals surface area contributed by atoms with Gasteiger partial charge in [0.1, 0.15) is 0 Å². The molecule has 1 unspecified atom stereocenters. The van der Waals surface area contributed by atoms with Crippen molar-refractivity contribution in [1.29, 1.82) is 0 Å². The van der Waals surface area contributed by atoms with Gasteiger partial charge < -0.3 is 18.9 Å². The summed E-state index contributed by atoms with van der Waals surface area (Å²) < 4.78 is 21.5. The van der Waals surface area contributed by atoms with E-state index in [-0.39, 0.29) is 12.4 Å². The van der Waals surface area contributed by atoms with Crippen LogP contribution in [0.25, 0.3) is 0 Å². The second-order valence-corrected chi connectivity index (χ2v) is 5.05. The molecule has 0 heterocycles. The highest BCUT2D eigenvalue weighted by Crippen LogP contribution is 2.21. The summed E-state index contributed by atoms with van der Waals surface area (Å²) in [5.41, 5.74) is 0. The lowest BCUT2D eigenvalue weighted by Gasteiger charge is -2.27. The number of esters is 1. The topological polar surface area (TPSA) is 66.0 Å². The average Bonchev–Trinajstić information content (AvgIpc) is 2.51. The normalized spacial score (nSPS) is 17.9. The molecule has 0 bridgehead atoms. The van der Waals surface area contributed by atoms with Gasteiger partial charge in [0, 0.05) is 19.8 Å². The maximum absolute atomic E-state index is 11.8. The van der Waals surface area contributed by atoms with Gasteiger partial charge in [0.05, 0.1) is 13.2 Å². The third kappa shape index (κ3) is 7.22. The first-order chi connectivity index (χ1) is 10.2. The van der Waals surface area contributed by atoms with Crippen molar-refractivity contribution in [3.63, 3.8) is 0 Å². The monoisotopic (exact) mass is 303 g/mol. The van der Waals surface area contributed by atoms with E-state index >= 15 is 0 Å². The Bertz CT molecular complexity index is 275. The summed E-state index contributed by atoms with van der Waals surface area (Å²) in [4.78, 5) is 11.8. The number of hydrogen-bond acceptors (Lipinski definition) is 6. The van der Waals surface area contributed by atoms with Crippen LogP contribution in [0, 0.1) is 0 Å². The summed E-state index contributed by atoms with van der Waals surface area (Å²) in [6.45, 7) is 5.30. The van der Waals surface area contributed by atoms with E-state index < -0.39 is 12.2 Å². The van der Waals surface area contributed by atoms with E-state index in [1.807, 2.05) is 13.8 Å². The standard InChI is InChI=1S/C15H29NO5/c1-4-19-13(20-5-2)11-16-14(15(17)18-3)21-12-9-7-6-8-10-12/h12-14,16H,4-11H2,1-3H3. The van der Waals surface area contributed by atoms with Crippen molar-refractivity contribution < 1.29 is 23.7 Å². The van der Waals surface area contributed by atoms with Crippen LogP contribution in [0.2, 0.25) is 0 Å². The van der Waals surface area contributed by atoms with Crippen LogP contribution in [0.3, 0.4) is 0 Å². The molecule has 0 radical (unpaired) electrons. The Labute approximate surface area is 127 Å². The Morgan fingerprint density at radius 3 is 2.29 bits per heavy atom. The molecule has 1 aliphatic carbocycles. The Morgan fingerprint density at radius 1 is 1.14 bits per heavy atom. The first-order valence-electron chi connectivity index (χ1n) is 7.91. The van der Waals surface area contributed by atoms with Crippen LogP contribution in [-0.4, -0.2) is 51.5 Å². The molecule has 1 fully saturated rings. The molecule has 6 nitrogen and oxygen atoms in total. The van der Waals surface area contributed by atoms with E-state index in [2.05, 4.69) is 5.32 Å². The van der Waals surface area contributed by atoms with Crippen molar-refractivity contribution in [2.75, 3.05) is 26.9 Å². The highest BCUT2D eigenvalue weighted by molar-refractivity contribution is 5.74. The van der Waals surface area contributed by atoms with Crippen molar-refractivity contribution in [2.45, 2.75) is 64.6 Å². The molecule has 1 saturated carbocycles. The number of hydrogen-bond donors (Lipinski definition) is 1. The molecule has 1 atom stereocenters. The molecule has 1 rings (SSSR count). The van der Waals surface area contributed by atoms with Gasteiger partial charge in [-0.1, -0.05) is 19.3 Å². The molecule has 1 N–H and O–H groups in total. The fourth-order valence-corrected chi connectivity index (χ4v) is 2.43. The van der Waals surface area contributed by atoms with E-state index in [0.717, 1.165) is 25.7 Å². The zero-order chi connectivity index (χ0) is 15.5. The first kappa shape index (κ1) is 18.4. The lowest BCUT2D eigenvalue weighted by atomic mass is 9.98. The van der Waals surface area contributed by atoms with Crippen LogP contribution in [0.15, 0.2) is 0 Å². The van der Waals surface area contributed by atoms with Crippen molar-refractivity contribution in [3.8, 4) is 0 Å². The maximum atomic E-state index is 11.8. The quantitative estimate of drug-likeness (QED) is 0.490. The third-order valence-electron chi connectivity index (χ3n) is 3.47. The summed E-state index contributed by atoms with van der Waals surface area (Å²) in [5, 5.41) is 3.04. The largest absolute Gasteiger partial charge is 0.466 e. The van der Waals surface area contributed by atoms with Crippen LogP contribution in [0.1, 0.15) is 46.0 Å². The van der Waals surface area contributed by atoms with Crippen LogP contribution in [-0.2, 0) is 23.7 Å². The Morgan fingerprint density at radius 2 is 1.76 bits per heavy atom. The molecule has 6 heteroatoms. The fourth-order valence-electron chi connectivity index (χ4n) is 2.43. The third-order valence-corrected chi connectivity index (χ3v) is 3.47. The van der Waals surface area contributed by atoms with Gasteiger partial charge in [-0.3, -0.25) is 5.32 Å². The molecule has 0 aliphatic heterocycles. The second kappa shape index (κ2) is 11.0. The lowest BCUT2D eigenvalue weighted by molar-refractivity contribution is -0.168. The zero-order valence-corrected chi connectivity index (χ0v) is 13.4. The van der Waals surface area contributed by atoms with Gasteiger partial charge in [-0.2, -0.15) is 0 Å². The molecule has 0 aromatic heterocycles. The van der Waals surface area contributed by atoms with Crippen molar-refractivity contribution in [3.05, 3.63) is 0 Å². The van der Waals surface area contributed by atoms with Gasteiger partial charge in [-0.25, -0.2) is 4.79 Å². The Kier molecular flexibility index (Phi) is 9.58. The molecular weight excluding hydrogens is 274 g/mol. The highest BCUT2D eigenvalue weighted by Gasteiger charge is 2.26. The number of carbonyl (C=O) groups excluding carboxylic acids is 1. The van der Waals surface area contributed by atoms with E-state index in [1.54, 1.807) is 0 Å². The van der Waals surface area contributed by atoms with Crippen molar-refractivity contribution in [1.82, 2.24) is 5.32 Å². The summed E-state index contributed by atoms with van der Waals surface area (Å²) >= 11 is 0. The second-order valence-electron chi connectivity index (χ2n) is 5.05. The van der Waals surface area contributed by atoms with E-state index in [1.165, 1.54) is 13.5 Å². The van der Waals surface area contributed by atoms with Gasteiger partial charge in [0.2, 0.25) is 6.23 Å². The first-order valence-corrected chi connectivity index (χ1v) is 7.91. The molecular formula is C15H29NO5. The smallest absolute Gasteiger partial charge is 0.350 e. The maximum Gasteiger partial charge on any atom is 0.350 e. The minimum absolute atomic E-state index is 0.119. The molecule has 0 aromatic carbocycles. The van der Waals surface area contributed by atoms with Crippen LogP contribution >= 0.6 is 0 Å². The van der Waals surface area contributed by atoms with Gasteiger partial charge in [-0.15, -0.1) is 0 Å². The molecule has 124 valence electrons. The SMILES string of the molecule is CCOC(CNC(OC1CCCCC1)C(=O)OC)OCC. The lowest BCUT2D eigenvalue weighted by Crippen LogP contribution is -2.46. The number of rotatable bonds is 10. The minimum Gasteiger partial charge on any atom is -0.466 e. The highest BCUT2D eigenvalue weighted by atomic mass is 16.7. The number of methoxy groups -OCH3 is 1. The molecule has 0 amide bonds. The number of ether oxygens (including phenoxy) is 4. The molecule has 1 aliphatic rings. The Balaban J connectivity index is 2.46. The number of carbonyl (C=O) groups is 1. The minimum atomic E-state index is -0.762. The van der Waals surface area contributed by atoms with Crippen molar-refractivity contribution >= 4 is 5.97 Å². The van der Waals surface area contributed by atoms with Gasteiger partial charge in [0.25, 0.3) is 0 Å². The summed E-state index contributed by atoms with van der Waals surface area (Å²) in [6, 6.07) is 0. The molecule has 0 aromatic rings. The average molecular weight is 303 g/mol. The van der Waals surface area contributed by atoms with E-state index in [9.17, 15) is 4.79 Å².